The van der Waals surface area contributed by atoms with Crippen molar-refractivity contribution < 1.29 is 19.2 Å². The number of anilines is 2. The van der Waals surface area contributed by atoms with E-state index in [1.165, 1.54) is 12.1 Å². The lowest BCUT2D eigenvalue weighted by atomic mass is 10.2. The number of phenolic OH excluding ortho intramolecular Hbond substituents is 1. The molecule has 0 spiro atoms. The van der Waals surface area contributed by atoms with Crippen molar-refractivity contribution in [3.05, 3.63) is 54.6 Å². The van der Waals surface area contributed by atoms with Crippen molar-refractivity contribution in [2.45, 2.75) is 0 Å². The predicted molar refractivity (Wildman–Crippen MR) is 89.2 cm³/mol. The Hall–Kier alpha value is -3.48. The van der Waals surface area contributed by atoms with E-state index in [2.05, 4.69) is 15.8 Å². The molecule has 2 amide bonds. The lowest BCUT2D eigenvalue weighted by Crippen LogP contribution is -2.19. The van der Waals surface area contributed by atoms with Crippen molar-refractivity contribution in [3.63, 3.8) is 0 Å². The van der Waals surface area contributed by atoms with Crippen LogP contribution in [0.25, 0.3) is 11.3 Å². The molecule has 1 heterocycles. The van der Waals surface area contributed by atoms with Gasteiger partial charge in [-0.25, -0.2) is 4.79 Å². The minimum absolute atomic E-state index is 0.126. The summed E-state index contributed by atoms with van der Waals surface area (Å²) in [5, 5.41) is 18.2. The highest BCUT2D eigenvalue weighted by Crippen LogP contribution is 2.24. The minimum Gasteiger partial charge on any atom is -0.508 e. The van der Waals surface area contributed by atoms with Crippen LogP contribution in [0.1, 0.15) is 0 Å². The van der Waals surface area contributed by atoms with Crippen LogP contribution < -0.4 is 15.4 Å². The summed E-state index contributed by atoms with van der Waals surface area (Å²) in [7, 11) is 1.60. The average Bonchev–Trinajstić information content (AvgIpc) is 3.05. The Balaban J connectivity index is 1.64. The molecule has 1 aromatic heterocycles. The summed E-state index contributed by atoms with van der Waals surface area (Å²) in [5.41, 5.74) is 1.36. The van der Waals surface area contributed by atoms with Gasteiger partial charge in [-0.15, -0.1) is 0 Å². The second-order valence-electron chi connectivity index (χ2n) is 4.93. The van der Waals surface area contributed by atoms with E-state index < -0.39 is 6.03 Å². The lowest BCUT2D eigenvalue weighted by molar-refractivity contribution is 0.262. The van der Waals surface area contributed by atoms with Gasteiger partial charge >= 0.3 is 6.03 Å². The Morgan fingerprint density at radius 2 is 1.79 bits per heavy atom. The standard InChI is InChI=1S/C17H15N3O4/c1-23-14-8-2-11(3-9-14)15-10-16(20-24-15)19-17(22)18-12-4-6-13(21)7-5-12/h2-10,21H,1H3,(H2,18,19,20,22). The van der Waals surface area contributed by atoms with Crippen LogP contribution in [0.3, 0.4) is 0 Å². The van der Waals surface area contributed by atoms with Gasteiger partial charge in [0.25, 0.3) is 0 Å². The van der Waals surface area contributed by atoms with Gasteiger partial charge in [-0.3, -0.25) is 5.32 Å². The van der Waals surface area contributed by atoms with Crippen LogP contribution in [0.5, 0.6) is 11.5 Å². The molecule has 0 aliphatic heterocycles. The number of hydrogen-bond acceptors (Lipinski definition) is 5. The molecule has 0 aliphatic rings. The first-order chi connectivity index (χ1) is 11.6. The highest BCUT2D eigenvalue weighted by atomic mass is 16.5. The van der Waals surface area contributed by atoms with E-state index in [1.807, 2.05) is 24.3 Å². The quantitative estimate of drug-likeness (QED) is 0.636. The molecule has 7 nitrogen and oxygen atoms in total. The normalized spacial score (nSPS) is 10.2. The molecule has 2 aromatic carbocycles. The van der Waals surface area contributed by atoms with Crippen LogP contribution >= 0.6 is 0 Å². The molecular weight excluding hydrogens is 310 g/mol. The zero-order valence-corrected chi connectivity index (χ0v) is 12.8. The summed E-state index contributed by atoms with van der Waals surface area (Å²) >= 11 is 0. The van der Waals surface area contributed by atoms with E-state index in [-0.39, 0.29) is 11.6 Å². The molecule has 122 valence electrons. The maximum Gasteiger partial charge on any atom is 0.324 e. The molecule has 0 aliphatic carbocycles. The van der Waals surface area contributed by atoms with Crippen molar-refractivity contribution in [3.8, 4) is 22.8 Å². The molecule has 7 heteroatoms. The highest BCUT2D eigenvalue weighted by molar-refractivity contribution is 5.99. The number of aromatic hydroxyl groups is 1. The summed E-state index contributed by atoms with van der Waals surface area (Å²) in [6.45, 7) is 0. The first kappa shape index (κ1) is 15.4. The van der Waals surface area contributed by atoms with Gasteiger partial charge in [0.2, 0.25) is 0 Å². The van der Waals surface area contributed by atoms with Gasteiger partial charge in [0.1, 0.15) is 11.5 Å². The number of methoxy groups -OCH3 is 1. The van der Waals surface area contributed by atoms with Crippen LogP contribution in [0, 0.1) is 0 Å². The molecular formula is C17H15N3O4. The topological polar surface area (TPSA) is 96.6 Å². The number of aromatic nitrogens is 1. The minimum atomic E-state index is -0.463. The number of hydrogen-bond donors (Lipinski definition) is 3. The van der Waals surface area contributed by atoms with Gasteiger partial charge in [-0.05, 0) is 48.5 Å². The maximum absolute atomic E-state index is 11.9. The summed E-state index contributed by atoms with van der Waals surface area (Å²) in [5.74, 6) is 1.68. The smallest absolute Gasteiger partial charge is 0.324 e. The molecule has 3 aromatic rings. The summed E-state index contributed by atoms with van der Waals surface area (Å²) in [6.07, 6.45) is 0. The Morgan fingerprint density at radius 1 is 1.08 bits per heavy atom. The van der Waals surface area contributed by atoms with Crippen LogP contribution in [-0.4, -0.2) is 23.4 Å². The lowest BCUT2D eigenvalue weighted by Gasteiger charge is -2.04. The largest absolute Gasteiger partial charge is 0.508 e. The van der Waals surface area contributed by atoms with Crippen molar-refractivity contribution in [2.75, 3.05) is 17.7 Å². The first-order valence-electron chi connectivity index (χ1n) is 7.12. The van der Waals surface area contributed by atoms with Crippen molar-refractivity contribution in [1.29, 1.82) is 0 Å². The van der Waals surface area contributed by atoms with E-state index >= 15 is 0 Å². The third-order valence-corrected chi connectivity index (χ3v) is 3.25. The Bertz CT molecular complexity index is 826. The molecule has 0 fully saturated rings. The summed E-state index contributed by atoms with van der Waals surface area (Å²) in [6, 6.07) is 14.6. The van der Waals surface area contributed by atoms with E-state index in [0.29, 0.717) is 11.4 Å². The SMILES string of the molecule is COc1ccc(-c2cc(NC(=O)Nc3ccc(O)cc3)no2)cc1. The number of rotatable bonds is 4. The zero-order valence-electron chi connectivity index (χ0n) is 12.8. The number of amides is 2. The van der Waals surface area contributed by atoms with Crippen LogP contribution in [0.15, 0.2) is 59.1 Å². The highest BCUT2D eigenvalue weighted by Gasteiger charge is 2.10. The molecule has 0 radical (unpaired) electrons. The van der Waals surface area contributed by atoms with E-state index in [0.717, 1.165) is 11.3 Å². The predicted octanol–water partition coefficient (Wildman–Crippen LogP) is 3.70. The van der Waals surface area contributed by atoms with Crippen molar-refractivity contribution in [1.82, 2.24) is 5.16 Å². The van der Waals surface area contributed by atoms with Gasteiger partial charge < -0.3 is 19.7 Å². The Morgan fingerprint density at radius 3 is 2.46 bits per heavy atom. The molecule has 0 saturated heterocycles. The molecule has 3 N–H and O–H groups in total. The van der Waals surface area contributed by atoms with E-state index in [1.54, 1.807) is 25.3 Å². The van der Waals surface area contributed by atoms with Crippen molar-refractivity contribution >= 4 is 17.5 Å². The monoisotopic (exact) mass is 325 g/mol. The van der Waals surface area contributed by atoms with Crippen LogP contribution in [0.4, 0.5) is 16.3 Å². The van der Waals surface area contributed by atoms with Gasteiger partial charge in [-0.2, -0.15) is 0 Å². The number of benzene rings is 2. The zero-order chi connectivity index (χ0) is 16.9. The molecule has 0 bridgehead atoms. The van der Waals surface area contributed by atoms with Gasteiger partial charge in [-0.1, -0.05) is 5.16 Å². The number of phenols is 1. The Kier molecular flexibility index (Phi) is 4.33. The third kappa shape index (κ3) is 3.64. The summed E-state index contributed by atoms with van der Waals surface area (Å²) in [4.78, 5) is 11.9. The fourth-order valence-corrected chi connectivity index (χ4v) is 2.05. The fraction of sp³-hybridized carbons (Fsp3) is 0.0588. The summed E-state index contributed by atoms with van der Waals surface area (Å²) < 4.78 is 10.3. The van der Waals surface area contributed by atoms with E-state index in [4.69, 9.17) is 9.26 Å². The molecule has 3 rings (SSSR count). The number of carbonyl (C=O) groups is 1. The van der Waals surface area contributed by atoms with Crippen molar-refractivity contribution in [2.24, 2.45) is 0 Å². The Labute approximate surface area is 137 Å². The third-order valence-electron chi connectivity index (χ3n) is 3.25. The van der Waals surface area contributed by atoms with Crippen LogP contribution in [-0.2, 0) is 0 Å². The second-order valence-corrected chi connectivity index (χ2v) is 4.93. The number of nitrogens with zero attached hydrogens (tertiary/aromatic N) is 1. The number of nitrogens with one attached hydrogen (secondary N) is 2. The maximum atomic E-state index is 11.9. The molecule has 24 heavy (non-hydrogen) atoms. The number of urea groups is 1. The van der Waals surface area contributed by atoms with Gasteiger partial charge in [0, 0.05) is 17.3 Å². The average molecular weight is 325 g/mol. The van der Waals surface area contributed by atoms with Crippen LogP contribution in [0.2, 0.25) is 0 Å². The number of ether oxygens (including phenoxy) is 1. The second kappa shape index (κ2) is 6.74. The molecule has 0 atom stereocenters. The fourth-order valence-electron chi connectivity index (χ4n) is 2.05. The number of carbonyl (C=O) groups excluding carboxylic acids is 1. The van der Waals surface area contributed by atoms with E-state index in [9.17, 15) is 9.90 Å². The van der Waals surface area contributed by atoms with Gasteiger partial charge in [0.05, 0.1) is 7.11 Å². The first-order valence-corrected chi connectivity index (χ1v) is 7.12. The molecule has 0 saturated carbocycles. The van der Waals surface area contributed by atoms with Gasteiger partial charge in [0.15, 0.2) is 11.6 Å². The molecule has 0 unspecified atom stereocenters.